The molecule has 0 bridgehead atoms. The highest BCUT2D eigenvalue weighted by atomic mass is 16.4. The van der Waals surface area contributed by atoms with E-state index in [4.69, 9.17) is 10.8 Å². The van der Waals surface area contributed by atoms with Crippen LogP contribution in [0.1, 0.15) is 12.8 Å². The molecule has 382 valence electrons. The number of hydrogen-bond acceptors (Lipinski definition) is 14. The molecule has 0 aromatic rings. The van der Waals surface area contributed by atoms with Crippen LogP contribution in [0.2, 0.25) is 0 Å². The largest absolute Gasteiger partial charge is 0.481 e. The number of carbonyl (C=O) groups is 14. The molecule has 0 fully saturated rings. The number of amides is 13. The highest BCUT2D eigenvalue weighted by Gasteiger charge is 2.27. The van der Waals surface area contributed by atoms with Crippen molar-refractivity contribution in [1.29, 1.82) is 0 Å². The van der Waals surface area contributed by atoms with Crippen LogP contribution in [0.15, 0.2) is 0 Å². The van der Waals surface area contributed by atoms with Crippen molar-refractivity contribution in [2.24, 2.45) is 5.73 Å². The van der Waals surface area contributed by atoms with Crippen LogP contribution in [0.4, 0.5) is 0 Å². The molecule has 0 saturated carbocycles. The topological polar surface area (TPSA) is 324 Å². The zero-order valence-electron chi connectivity index (χ0n) is 41.0. The molecule has 68 heavy (non-hydrogen) atoms. The molecule has 13 amide bonds. The quantitative estimate of drug-likeness (QED) is 0.0773. The van der Waals surface area contributed by atoms with E-state index in [1.807, 2.05) is 0 Å². The first-order chi connectivity index (χ1) is 31.3. The lowest BCUT2D eigenvalue weighted by Crippen LogP contribution is -2.49. The summed E-state index contributed by atoms with van der Waals surface area (Å²) in [6.07, 6.45) is -0.710. The molecule has 3 N–H and O–H groups in total. The summed E-state index contributed by atoms with van der Waals surface area (Å²) in [6.45, 7) is -5.36. The number of likely N-dealkylation sites (N-methyl/N-ethyl adjacent to an activating group) is 12. The van der Waals surface area contributed by atoms with Crippen molar-refractivity contribution >= 4 is 82.8 Å². The molecular weight excluding hydrogens is 903 g/mol. The van der Waals surface area contributed by atoms with Gasteiger partial charge in [-0.15, -0.1) is 0 Å². The number of carboxylic acids is 1. The summed E-state index contributed by atoms with van der Waals surface area (Å²) in [5.41, 5.74) is 5.08. The van der Waals surface area contributed by atoms with Crippen molar-refractivity contribution in [3.8, 4) is 0 Å². The van der Waals surface area contributed by atoms with E-state index in [1.54, 1.807) is 0 Å². The molecule has 0 radical (unpaired) electrons. The van der Waals surface area contributed by atoms with E-state index in [0.29, 0.717) is 0 Å². The molecule has 0 saturated heterocycles. The summed E-state index contributed by atoms with van der Waals surface area (Å²) in [5, 5.41) is 8.74. The Morgan fingerprint density at radius 1 is 0.250 bits per heavy atom. The van der Waals surface area contributed by atoms with Gasteiger partial charge in [0.15, 0.2) is 0 Å². The Morgan fingerprint density at radius 3 is 0.515 bits per heavy atom. The molecule has 0 heterocycles. The minimum Gasteiger partial charge on any atom is -0.481 e. The predicted molar refractivity (Wildman–Crippen MR) is 238 cm³/mol. The Morgan fingerprint density at radius 2 is 0.382 bits per heavy atom. The van der Waals surface area contributed by atoms with Gasteiger partial charge in [-0.25, -0.2) is 0 Å². The summed E-state index contributed by atoms with van der Waals surface area (Å²) in [5.74, 6) is -9.43. The van der Waals surface area contributed by atoms with Gasteiger partial charge in [-0.1, -0.05) is 0 Å². The molecule has 28 nitrogen and oxygen atoms in total. The van der Waals surface area contributed by atoms with Crippen LogP contribution in [-0.2, 0) is 67.1 Å². The van der Waals surface area contributed by atoms with Crippen LogP contribution in [0.3, 0.4) is 0 Å². The van der Waals surface area contributed by atoms with Crippen LogP contribution in [-0.4, -0.2) is 310 Å². The normalized spacial score (nSPS) is 10.4. The summed E-state index contributed by atoms with van der Waals surface area (Å²) < 4.78 is 0. The number of carboxylic acid groups (broad SMARTS) is 1. The van der Waals surface area contributed by atoms with Gasteiger partial charge in [0.05, 0.1) is 85.0 Å². The first kappa shape index (κ1) is 60.6. The van der Waals surface area contributed by atoms with Gasteiger partial charge in [-0.2, -0.15) is 0 Å². The van der Waals surface area contributed by atoms with E-state index < -0.39 is 155 Å². The lowest BCUT2D eigenvalue weighted by atomic mass is 10.3. The van der Waals surface area contributed by atoms with E-state index in [0.717, 1.165) is 58.8 Å². The van der Waals surface area contributed by atoms with Crippen LogP contribution in [0.25, 0.3) is 0 Å². The molecule has 0 aliphatic rings. The Hall–Kier alpha value is -7.42. The lowest BCUT2D eigenvalue weighted by Gasteiger charge is -2.27. The SMILES string of the molecule is CN(CC(N)=O)C(=O)CN(C)C(=O)CN(C)C(=O)CN(C)C(=O)CN(C)C(=O)CN(C)C(=O)CN(C)C(=O)CN(C)C(=O)CN(C)C(=O)CN(C)C(=O)CN(C)C(=O)CN(C)C(=O)CCC(=O)O. The van der Waals surface area contributed by atoms with E-state index in [2.05, 4.69) is 0 Å². The maximum Gasteiger partial charge on any atom is 0.303 e. The van der Waals surface area contributed by atoms with E-state index in [9.17, 15) is 67.1 Å². The maximum atomic E-state index is 12.9. The molecule has 0 aromatic carbocycles. The van der Waals surface area contributed by atoms with Crippen molar-refractivity contribution in [1.82, 2.24) is 58.8 Å². The Balaban J connectivity index is 4.93. The Bertz CT molecular complexity index is 1930. The van der Waals surface area contributed by atoms with Crippen LogP contribution >= 0.6 is 0 Å². The molecule has 0 aromatic heterocycles. The van der Waals surface area contributed by atoms with E-state index in [1.165, 1.54) is 84.6 Å². The highest BCUT2D eigenvalue weighted by molar-refractivity contribution is 5.94. The number of carbonyl (C=O) groups excluding carboxylic acids is 13. The van der Waals surface area contributed by atoms with Gasteiger partial charge in [-0.05, 0) is 0 Å². The summed E-state index contributed by atoms with van der Waals surface area (Å²) in [6, 6.07) is 0. The molecule has 0 aliphatic carbocycles. The van der Waals surface area contributed by atoms with Crippen LogP contribution in [0.5, 0.6) is 0 Å². The second-order valence-electron chi connectivity index (χ2n) is 16.4. The molecule has 28 heteroatoms. The van der Waals surface area contributed by atoms with Gasteiger partial charge in [0.1, 0.15) is 0 Å². The second-order valence-corrected chi connectivity index (χ2v) is 16.4. The van der Waals surface area contributed by atoms with Crippen LogP contribution in [0, 0.1) is 0 Å². The molecule has 0 unspecified atom stereocenters. The maximum absolute atomic E-state index is 12.9. The number of nitrogens with two attached hydrogens (primary N) is 1. The summed E-state index contributed by atoms with van der Waals surface area (Å²) in [4.78, 5) is 186. The van der Waals surface area contributed by atoms with Gasteiger partial charge in [0.25, 0.3) is 0 Å². The standard InChI is InChI=1S/C40H67N13O15/c1-42(15-27(41)54)29(56)17-44(3)31(58)19-46(5)33(60)21-48(7)35(62)23-50(9)37(64)25-52(11)39(66)26-53(12)38(65)24-51(10)36(63)22-49(8)34(61)20-47(6)32(59)18-45(4)30(57)16-43(2)28(55)13-14-40(67)68/h13-26H2,1-12H3,(H2,41,54)(H,67,68). The van der Waals surface area contributed by atoms with E-state index in [-0.39, 0.29) is 19.5 Å². The predicted octanol–water partition coefficient (Wildman–Crippen LogP) is -7.16. The first-order valence-electron chi connectivity index (χ1n) is 20.7. The number of hydrogen-bond donors (Lipinski definition) is 2. The molecule has 0 spiro atoms. The fourth-order valence-electron chi connectivity index (χ4n) is 5.26. The van der Waals surface area contributed by atoms with E-state index >= 15 is 0 Å². The van der Waals surface area contributed by atoms with Crippen molar-refractivity contribution in [3.05, 3.63) is 0 Å². The summed E-state index contributed by atoms with van der Waals surface area (Å²) >= 11 is 0. The fourth-order valence-corrected chi connectivity index (χ4v) is 5.26. The average molecular weight is 970 g/mol. The Labute approximate surface area is 394 Å². The van der Waals surface area contributed by atoms with Crippen molar-refractivity contribution in [2.75, 3.05) is 163 Å². The fraction of sp³-hybridized carbons (Fsp3) is 0.650. The first-order valence-corrected chi connectivity index (χ1v) is 20.7. The van der Waals surface area contributed by atoms with Gasteiger partial charge in [0.2, 0.25) is 76.8 Å². The number of primary amides is 1. The smallest absolute Gasteiger partial charge is 0.303 e. The van der Waals surface area contributed by atoms with Gasteiger partial charge in [-0.3, -0.25) is 67.1 Å². The number of aliphatic carboxylic acids is 1. The molecule has 0 atom stereocenters. The third-order valence-corrected chi connectivity index (χ3v) is 10.2. The molecular formula is C40H67N13O15. The third-order valence-electron chi connectivity index (χ3n) is 10.2. The van der Waals surface area contributed by atoms with Crippen LogP contribution < -0.4 is 5.73 Å². The molecule has 0 aliphatic heterocycles. The van der Waals surface area contributed by atoms with Crippen molar-refractivity contribution in [2.45, 2.75) is 12.8 Å². The zero-order valence-corrected chi connectivity index (χ0v) is 41.0. The number of nitrogens with zero attached hydrogens (tertiary/aromatic N) is 12. The van der Waals surface area contributed by atoms with Crippen molar-refractivity contribution < 1.29 is 72.2 Å². The highest BCUT2D eigenvalue weighted by Crippen LogP contribution is 2.02. The molecule has 0 rings (SSSR count). The average Bonchev–Trinajstić information content (AvgIpc) is 3.24. The third kappa shape index (κ3) is 22.2. The monoisotopic (exact) mass is 969 g/mol. The van der Waals surface area contributed by atoms with Gasteiger partial charge >= 0.3 is 5.97 Å². The Kier molecular flexibility index (Phi) is 25.5. The van der Waals surface area contributed by atoms with Gasteiger partial charge < -0.3 is 69.6 Å². The number of rotatable bonds is 27. The minimum absolute atomic E-state index is 0.304. The lowest BCUT2D eigenvalue weighted by molar-refractivity contribution is -0.146. The second kappa shape index (κ2) is 28.6. The zero-order chi connectivity index (χ0) is 52.9. The van der Waals surface area contributed by atoms with Crippen molar-refractivity contribution in [3.63, 3.8) is 0 Å². The van der Waals surface area contributed by atoms with Gasteiger partial charge in [0, 0.05) is 91.0 Å². The summed E-state index contributed by atoms with van der Waals surface area (Å²) in [7, 11) is 15.7. The minimum atomic E-state index is -1.17.